The van der Waals surface area contributed by atoms with Gasteiger partial charge in [0.25, 0.3) is 0 Å². The molecule has 1 aliphatic rings. The first kappa shape index (κ1) is 16.4. The second-order valence-electron chi connectivity index (χ2n) is 5.23. The van der Waals surface area contributed by atoms with Crippen molar-refractivity contribution in [1.29, 1.82) is 0 Å². The molecule has 0 radical (unpaired) electrons. The molecule has 0 amide bonds. The third-order valence-corrected chi connectivity index (χ3v) is 3.15. The highest BCUT2D eigenvalue weighted by Crippen LogP contribution is 2.42. The van der Waals surface area contributed by atoms with Crippen LogP contribution in [0.25, 0.3) is 0 Å². The van der Waals surface area contributed by atoms with Gasteiger partial charge >= 0.3 is 19.5 Å². The predicted octanol–water partition coefficient (Wildman–Crippen LogP) is 3.67. The normalized spacial score (nSPS) is 23.9. The van der Waals surface area contributed by atoms with Gasteiger partial charge in [0.1, 0.15) is 0 Å². The minimum Gasteiger partial charge on any atom is -0.399 e. The van der Waals surface area contributed by atoms with E-state index in [9.17, 15) is 26.3 Å². The van der Waals surface area contributed by atoms with Crippen LogP contribution in [0.4, 0.5) is 26.3 Å². The van der Waals surface area contributed by atoms with Crippen LogP contribution in [-0.2, 0) is 9.31 Å². The maximum atomic E-state index is 12.7. The summed E-state index contributed by atoms with van der Waals surface area (Å²) in [7, 11) is -2.09. The number of hydrogen-bond acceptors (Lipinski definition) is 2. The average Bonchev–Trinajstić information content (AvgIpc) is 2.28. The number of halogens is 6. The molecule has 9 heteroatoms. The Hall–Kier alpha value is -0.695. The Morgan fingerprint density at radius 2 is 1.26 bits per heavy atom. The van der Waals surface area contributed by atoms with Crippen LogP contribution in [0.3, 0.4) is 0 Å². The summed E-state index contributed by atoms with van der Waals surface area (Å²) in [5, 5.41) is 0. The molecule has 1 aliphatic heterocycles. The van der Waals surface area contributed by atoms with Crippen LogP contribution >= 0.6 is 0 Å². The van der Waals surface area contributed by atoms with E-state index in [-0.39, 0.29) is 0 Å². The summed E-state index contributed by atoms with van der Waals surface area (Å²) in [6.07, 6.45) is -11.1. The van der Waals surface area contributed by atoms with Crippen molar-refractivity contribution in [3.63, 3.8) is 0 Å². The lowest BCUT2D eigenvalue weighted by Crippen LogP contribution is -2.41. The molecule has 1 heterocycles. The highest BCUT2D eigenvalue weighted by atomic mass is 19.4. The van der Waals surface area contributed by atoms with E-state index in [1.165, 1.54) is 27.7 Å². The summed E-state index contributed by atoms with van der Waals surface area (Å²) in [4.78, 5) is 0. The lowest BCUT2D eigenvalue weighted by atomic mass is 9.77. The SMILES string of the molecule is CC1(C)OB(/C(=C\C(F)(F)F)C(F)(F)F)OC1(C)C. The number of alkyl halides is 6. The molecule has 0 unspecified atom stereocenters. The first-order valence-electron chi connectivity index (χ1n) is 5.38. The van der Waals surface area contributed by atoms with E-state index in [0.29, 0.717) is 0 Å². The van der Waals surface area contributed by atoms with E-state index in [0.717, 1.165) is 0 Å². The van der Waals surface area contributed by atoms with Crippen molar-refractivity contribution in [3.8, 4) is 0 Å². The van der Waals surface area contributed by atoms with Gasteiger partial charge in [0.2, 0.25) is 0 Å². The fraction of sp³-hybridized carbons (Fsp3) is 0.800. The zero-order chi connectivity index (χ0) is 15.3. The minimum absolute atomic E-state index is 0.824. The summed E-state index contributed by atoms with van der Waals surface area (Å²) < 4.78 is 84.6. The second kappa shape index (κ2) is 4.41. The quantitative estimate of drug-likeness (QED) is 0.542. The molecule has 2 nitrogen and oxygen atoms in total. The number of allylic oxidation sites excluding steroid dienone is 2. The second-order valence-corrected chi connectivity index (χ2v) is 5.23. The van der Waals surface area contributed by atoms with Crippen molar-refractivity contribution in [3.05, 3.63) is 11.5 Å². The summed E-state index contributed by atoms with van der Waals surface area (Å²) in [6, 6.07) is 0. The first-order chi connectivity index (χ1) is 8.16. The van der Waals surface area contributed by atoms with Crippen LogP contribution in [-0.4, -0.2) is 30.7 Å². The fourth-order valence-electron chi connectivity index (χ4n) is 1.43. The molecule has 0 aromatic rings. The summed E-state index contributed by atoms with van der Waals surface area (Å²) in [5.74, 6) is 0. The molecule has 0 N–H and O–H groups in total. The smallest absolute Gasteiger partial charge is 0.399 e. The first-order valence-corrected chi connectivity index (χ1v) is 5.38. The third-order valence-electron chi connectivity index (χ3n) is 3.15. The Bertz CT molecular complexity index is 366. The maximum Gasteiger partial charge on any atom is 0.499 e. The molecule has 1 rings (SSSR count). The monoisotopic (exact) mass is 290 g/mol. The van der Waals surface area contributed by atoms with Gasteiger partial charge in [0.05, 0.1) is 16.7 Å². The van der Waals surface area contributed by atoms with Gasteiger partial charge < -0.3 is 9.31 Å². The van der Waals surface area contributed by atoms with Gasteiger partial charge in [-0.05, 0) is 27.7 Å². The van der Waals surface area contributed by atoms with E-state index in [4.69, 9.17) is 9.31 Å². The third kappa shape index (κ3) is 3.65. The van der Waals surface area contributed by atoms with Gasteiger partial charge in [-0.25, -0.2) is 0 Å². The zero-order valence-electron chi connectivity index (χ0n) is 10.7. The lowest BCUT2D eigenvalue weighted by molar-refractivity contribution is -0.104. The molecular weight excluding hydrogens is 277 g/mol. The van der Waals surface area contributed by atoms with E-state index < -0.39 is 42.2 Å². The highest BCUT2D eigenvalue weighted by Gasteiger charge is 2.58. The van der Waals surface area contributed by atoms with Crippen LogP contribution in [0.2, 0.25) is 0 Å². The molecule has 110 valence electrons. The van der Waals surface area contributed by atoms with E-state index in [1.807, 2.05) is 0 Å². The summed E-state index contributed by atoms with van der Waals surface area (Å²) in [5.41, 5.74) is -4.18. The maximum absolute atomic E-state index is 12.7. The minimum atomic E-state index is -5.18. The Kier molecular flexibility index (Phi) is 3.80. The predicted molar refractivity (Wildman–Crippen MR) is 56.3 cm³/mol. The van der Waals surface area contributed by atoms with Crippen molar-refractivity contribution in [2.45, 2.75) is 51.2 Å². The highest BCUT2D eigenvalue weighted by molar-refractivity contribution is 6.55. The average molecular weight is 290 g/mol. The number of rotatable bonds is 1. The standard InChI is InChI=1S/C10H13BF6O2/c1-7(2)8(3,4)19-11(18-7)6(10(15,16)17)5-9(12,13)14/h5H,1-4H3/b6-5-. The molecular formula is C10H13BF6O2. The van der Waals surface area contributed by atoms with E-state index in [1.54, 1.807) is 0 Å². The Labute approximate surface area is 106 Å². The molecule has 1 saturated heterocycles. The van der Waals surface area contributed by atoms with E-state index in [2.05, 4.69) is 0 Å². The molecule has 0 saturated carbocycles. The van der Waals surface area contributed by atoms with Crippen molar-refractivity contribution in [2.75, 3.05) is 0 Å². The summed E-state index contributed by atoms with van der Waals surface area (Å²) >= 11 is 0. The van der Waals surface area contributed by atoms with Crippen LogP contribution in [0, 0.1) is 0 Å². The molecule has 1 fully saturated rings. The van der Waals surface area contributed by atoms with Crippen LogP contribution in [0.5, 0.6) is 0 Å². The molecule has 0 bridgehead atoms. The van der Waals surface area contributed by atoms with Crippen molar-refractivity contribution in [2.24, 2.45) is 0 Å². The number of hydrogen-bond donors (Lipinski definition) is 0. The van der Waals surface area contributed by atoms with Gasteiger partial charge in [-0.2, -0.15) is 26.3 Å². The van der Waals surface area contributed by atoms with Gasteiger partial charge in [-0.1, -0.05) is 0 Å². The van der Waals surface area contributed by atoms with Crippen molar-refractivity contribution < 1.29 is 35.7 Å². The largest absolute Gasteiger partial charge is 0.499 e. The van der Waals surface area contributed by atoms with Crippen LogP contribution in [0.15, 0.2) is 11.5 Å². The zero-order valence-corrected chi connectivity index (χ0v) is 10.7. The van der Waals surface area contributed by atoms with Crippen molar-refractivity contribution in [1.82, 2.24) is 0 Å². The molecule has 0 aromatic heterocycles. The molecule has 0 aromatic carbocycles. The topological polar surface area (TPSA) is 18.5 Å². The Balaban J connectivity index is 3.15. The molecule has 0 spiro atoms. The van der Waals surface area contributed by atoms with E-state index >= 15 is 0 Å². The lowest BCUT2D eigenvalue weighted by Gasteiger charge is -2.32. The van der Waals surface area contributed by atoms with Crippen molar-refractivity contribution >= 4 is 7.12 Å². The fourth-order valence-corrected chi connectivity index (χ4v) is 1.43. The Morgan fingerprint density at radius 1 is 0.895 bits per heavy atom. The Morgan fingerprint density at radius 3 is 1.53 bits per heavy atom. The molecule has 19 heavy (non-hydrogen) atoms. The van der Waals surface area contributed by atoms with Crippen LogP contribution < -0.4 is 0 Å². The van der Waals surface area contributed by atoms with Gasteiger partial charge in [0, 0.05) is 6.08 Å². The molecule has 0 atom stereocenters. The van der Waals surface area contributed by atoms with Gasteiger partial charge in [-0.3, -0.25) is 0 Å². The van der Waals surface area contributed by atoms with Crippen LogP contribution in [0.1, 0.15) is 27.7 Å². The summed E-state index contributed by atoms with van der Waals surface area (Å²) in [6.45, 7) is 5.81. The van der Waals surface area contributed by atoms with Gasteiger partial charge in [-0.15, -0.1) is 0 Å². The molecule has 0 aliphatic carbocycles. The van der Waals surface area contributed by atoms with Gasteiger partial charge in [0.15, 0.2) is 0 Å².